The van der Waals surface area contributed by atoms with Gasteiger partial charge in [0.1, 0.15) is 28.6 Å². The molecule has 0 radical (unpaired) electrons. The van der Waals surface area contributed by atoms with Gasteiger partial charge in [-0.3, -0.25) is 24.7 Å². The highest BCUT2D eigenvalue weighted by molar-refractivity contribution is 7.90. The van der Waals surface area contributed by atoms with Crippen LogP contribution in [-0.2, 0) is 16.6 Å². The van der Waals surface area contributed by atoms with Crippen LogP contribution in [0.5, 0.6) is 17.2 Å². The largest absolute Gasteiger partial charge is 0.496 e. The topological polar surface area (TPSA) is 195 Å². The molecule has 4 N–H and O–H groups in total. The Bertz CT molecular complexity index is 3260. The maximum atomic E-state index is 14.1. The maximum absolute atomic E-state index is 14.1. The lowest BCUT2D eigenvalue weighted by molar-refractivity contribution is -0.384. The van der Waals surface area contributed by atoms with E-state index in [0.29, 0.717) is 48.7 Å². The number of aliphatic hydroxyl groups is 1. The van der Waals surface area contributed by atoms with Crippen molar-refractivity contribution in [3.05, 3.63) is 141 Å². The van der Waals surface area contributed by atoms with Crippen molar-refractivity contribution in [2.45, 2.75) is 126 Å². The summed E-state index contributed by atoms with van der Waals surface area (Å²) in [6.45, 7) is 12.3. The summed E-state index contributed by atoms with van der Waals surface area (Å²) in [4.78, 5) is 40.7. The number of H-pyrrole nitrogens is 1. The Kier molecular flexibility index (Phi) is 14.6. The number of fused-ring (bicyclic) bond motifs is 1. The van der Waals surface area contributed by atoms with Crippen molar-refractivity contribution in [3.8, 4) is 17.2 Å². The van der Waals surface area contributed by atoms with Gasteiger partial charge in [0.15, 0.2) is 0 Å². The van der Waals surface area contributed by atoms with Gasteiger partial charge in [0.2, 0.25) is 0 Å². The van der Waals surface area contributed by atoms with Crippen LogP contribution in [-0.4, -0.2) is 102 Å². The number of aromatic nitrogens is 2. The summed E-state index contributed by atoms with van der Waals surface area (Å²) in [5.41, 5.74) is 6.25. The number of piperazine rings is 1. The zero-order chi connectivity index (χ0) is 53.6. The van der Waals surface area contributed by atoms with Gasteiger partial charge in [-0.15, -0.1) is 0 Å². The molecule has 1 atom stereocenters. The summed E-state index contributed by atoms with van der Waals surface area (Å²) in [6.07, 6.45) is 12.9. The molecular formula is C60H72N8O8S. The predicted molar refractivity (Wildman–Crippen MR) is 299 cm³/mol. The van der Waals surface area contributed by atoms with Crippen LogP contribution in [0.4, 0.5) is 17.1 Å². The summed E-state index contributed by atoms with van der Waals surface area (Å²) >= 11 is 0. The zero-order valence-electron chi connectivity index (χ0n) is 44.7. The van der Waals surface area contributed by atoms with Crippen LogP contribution in [0.3, 0.4) is 0 Å². The van der Waals surface area contributed by atoms with Crippen LogP contribution in [0.2, 0.25) is 0 Å². The average Bonchev–Trinajstić information content (AvgIpc) is 4.15. The SMILES string of the molecule is COc1cc(CN2CCN(C3CC4(CCN(c5ccc(C(=O)NS(=O)(=O)c6ccc(NC[C@H]7CC[C@](C)(O)CC7)c([N+](=O)[O-])c6)c(Oc6cnc7[nH]ccc7c6)c5)CC4)C3)[C@H](c3ccccc3C(C)C)C2)ccc1C1CC1. The number of methoxy groups -OCH3 is 1. The molecule has 1 spiro atoms. The van der Waals surface area contributed by atoms with E-state index in [1.807, 2.05) is 19.1 Å². The van der Waals surface area contributed by atoms with Crippen LogP contribution in [0.1, 0.15) is 135 Å². The van der Waals surface area contributed by atoms with Crippen LogP contribution in [0, 0.1) is 21.4 Å². The minimum absolute atomic E-state index is 0.0269. The van der Waals surface area contributed by atoms with Gasteiger partial charge < -0.3 is 29.8 Å². The van der Waals surface area contributed by atoms with Gasteiger partial charge in [0.25, 0.3) is 21.6 Å². The van der Waals surface area contributed by atoms with E-state index in [2.05, 4.69) is 91.0 Å². The summed E-state index contributed by atoms with van der Waals surface area (Å²) in [5, 5.41) is 26.5. The third kappa shape index (κ3) is 11.4. The van der Waals surface area contributed by atoms with Crippen molar-refractivity contribution >= 4 is 44.0 Å². The Balaban J connectivity index is 0.776. The minimum Gasteiger partial charge on any atom is -0.496 e. The highest BCUT2D eigenvalue weighted by atomic mass is 32.2. The number of nitro benzene ring substituents is 1. The number of amides is 1. The first-order valence-corrected chi connectivity index (χ1v) is 29.1. The van der Waals surface area contributed by atoms with E-state index in [1.165, 1.54) is 47.2 Å². The molecule has 2 saturated heterocycles. The number of hydrogen-bond donors (Lipinski definition) is 4. The molecule has 0 unspecified atom stereocenters. The first-order valence-electron chi connectivity index (χ1n) is 27.6. The fourth-order valence-electron chi connectivity index (χ4n) is 12.8. The molecular weight excluding hydrogens is 993 g/mol. The summed E-state index contributed by atoms with van der Waals surface area (Å²) < 4.78 is 42.2. The molecule has 4 aromatic carbocycles. The number of carbonyl (C=O) groups is 1. The Morgan fingerprint density at radius 3 is 2.43 bits per heavy atom. The molecule has 2 aliphatic heterocycles. The molecule has 2 aromatic heterocycles. The van der Waals surface area contributed by atoms with E-state index in [4.69, 9.17) is 9.47 Å². The summed E-state index contributed by atoms with van der Waals surface area (Å²) in [7, 11) is -2.80. The molecule has 4 heterocycles. The van der Waals surface area contributed by atoms with Gasteiger partial charge in [-0.25, -0.2) is 18.1 Å². The van der Waals surface area contributed by atoms with Crippen molar-refractivity contribution < 1.29 is 32.7 Å². The lowest BCUT2D eigenvalue weighted by atomic mass is 9.59. The van der Waals surface area contributed by atoms with Crippen molar-refractivity contribution in [2.75, 3.05) is 56.6 Å². The normalized spacial score (nSPS) is 22.2. The first kappa shape index (κ1) is 52.5. The van der Waals surface area contributed by atoms with Gasteiger partial charge in [0, 0.05) is 87.3 Å². The molecule has 11 rings (SSSR count). The highest BCUT2D eigenvalue weighted by Crippen LogP contribution is 2.54. The van der Waals surface area contributed by atoms with Gasteiger partial charge in [-0.1, -0.05) is 50.2 Å². The second-order valence-electron chi connectivity index (χ2n) is 23.2. The summed E-state index contributed by atoms with van der Waals surface area (Å²) in [6, 6.07) is 29.1. The van der Waals surface area contributed by atoms with Crippen LogP contribution in [0.25, 0.3) is 11.0 Å². The fraction of sp³-hybridized carbons (Fsp3) is 0.467. The molecule has 1 amide bonds. The molecule has 17 heteroatoms. The quantitative estimate of drug-likeness (QED) is 0.0498. The number of hydrogen-bond acceptors (Lipinski definition) is 13. The molecule has 0 bridgehead atoms. The van der Waals surface area contributed by atoms with Crippen LogP contribution < -0.4 is 24.4 Å². The molecule has 16 nitrogen and oxygen atoms in total. The Hall–Kier alpha value is -6.53. The second kappa shape index (κ2) is 21.4. The third-order valence-corrected chi connectivity index (χ3v) is 18.8. The van der Waals surface area contributed by atoms with Crippen LogP contribution >= 0.6 is 0 Å². The number of carbonyl (C=O) groups excluding carboxylic acids is 1. The van der Waals surface area contributed by atoms with E-state index >= 15 is 0 Å². The fourth-order valence-corrected chi connectivity index (χ4v) is 13.8. The molecule has 5 aliphatic rings. The first-order chi connectivity index (χ1) is 37.0. The van der Waals surface area contributed by atoms with Crippen molar-refractivity contribution in [1.82, 2.24) is 24.5 Å². The van der Waals surface area contributed by atoms with E-state index in [0.717, 1.165) is 101 Å². The number of pyridine rings is 1. The average molecular weight is 1070 g/mol. The number of anilines is 2. The number of aromatic amines is 1. The van der Waals surface area contributed by atoms with Crippen molar-refractivity contribution in [2.24, 2.45) is 11.3 Å². The van der Waals surface area contributed by atoms with Gasteiger partial charge >= 0.3 is 0 Å². The number of piperidine rings is 1. The van der Waals surface area contributed by atoms with Gasteiger partial charge in [-0.2, -0.15) is 0 Å². The van der Waals surface area contributed by atoms with Crippen LogP contribution in [0.15, 0.2) is 108 Å². The molecule has 5 fully saturated rings. The number of nitrogens with zero attached hydrogens (tertiary/aromatic N) is 5. The lowest BCUT2D eigenvalue weighted by Crippen LogP contribution is -2.60. The zero-order valence-corrected chi connectivity index (χ0v) is 45.5. The number of ether oxygens (including phenoxy) is 2. The monoisotopic (exact) mass is 1060 g/mol. The lowest BCUT2D eigenvalue weighted by Gasteiger charge is -2.58. The number of nitro groups is 1. The Morgan fingerprint density at radius 1 is 0.909 bits per heavy atom. The van der Waals surface area contributed by atoms with Gasteiger partial charge in [-0.05, 0) is 159 Å². The number of nitrogens with one attached hydrogen (secondary N) is 3. The van der Waals surface area contributed by atoms with E-state index < -0.39 is 37.0 Å². The standard InChI is InChI=1S/C60H72N8O8S/c1-39(2)48-7-5-6-8-50(48)54-38-65(37-41-9-14-49(42-10-11-42)55(29-41)75-4)27-28-67(54)45-33-60(34-45)22-25-66(26-23-60)44-12-15-51(56(31-44)76-46-30-43-19-24-61-57(43)63-36-46)58(69)64-77(73,74)47-13-16-52(53(32-47)68(71)72)62-35-40-17-20-59(3,70)21-18-40/h5-9,12-16,19,24,29-32,36,39-40,42,45,54,62,70H,10-11,17-18,20-23,25-28,33-35,37-38H2,1-4H3,(H,61,63)(H,64,69)/t40-,54-,59-/m0/s1. The molecule has 77 heavy (non-hydrogen) atoms. The van der Waals surface area contributed by atoms with Crippen molar-refractivity contribution in [3.63, 3.8) is 0 Å². The van der Waals surface area contributed by atoms with Crippen molar-refractivity contribution in [1.29, 1.82) is 0 Å². The highest BCUT2D eigenvalue weighted by Gasteiger charge is 2.50. The van der Waals surface area contributed by atoms with E-state index in [1.54, 1.807) is 37.7 Å². The Labute approximate surface area is 451 Å². The second-order valence-corrected chi connectivity index (χ2v) is 24.9. The number of rotatable bonds is 17. The minimum atomic E-state index is -4.59. The smallest absolute Gasteiger partial charge is 0.293 e. The molecule has 3 saturated carbocycles. The molecule has 406 valence electrons. The molecule has 6 aromatic rings. The number of sulfonamides is 1. The van der Waals surface area contributed by atoms with Gasteiger partial charge in [0.05, 0.1) is 34.3 Å². The summed E-state index contributed by atoms with van der Waals surface area (Å²) in [5.74, 6) is 1.83. The van der Waals surface area contributed by atoms with E-state index in [-0.39, 0.29) is 34.4 Å². The predicted octanol–water partition coefficient (Wildman–Crippen LogP) is 11.1. The maximum Gasteiger partial charge on any atom is 0.293 e. The third-order valence-electron chi connectivity index (χ3n) is 17.5. The molecule has 3 aliphatic carbocycles. The Morgan fingerprint density at radius 2 is 1.69 bits per heavy atom. The number of benzene rings is 4. The van der Waals surface area contributed by atoms with E-state index in [9.17, 15) is 28.4 Å².